The molecule has 0 unspecified atom stereocenters. The van der Waals surface area contributed by atoms with Crippen LogP contribution >= 0.6 is 0 Å². The van der Waals surface area contributed by atoms with Gasteiger partial charge in [-0.2, -0.15) is 0 Å². The van der Waals surface area contributed by atoms with Crippen LogP contribution in [0.5, 0.6) is 0 Å². The number of allylic oxidation sites excluding steroid dienone is 2. The average molecular weight is 111 g/mol. The van der Waals surface area contributed by atoms with Crippen molar-refractivity contribution in [3.8, 4) is 0 Å². The highest BCUT2D eigenvalue weighted by molar-refractivity contribution is 4.91. The smallest absolute Gasteiger partial charge is 0.0265 e. The molecule has 1 radical (unpaired) electrons. The van der Waals surface area contributed by atoms with E-state index in [0.717, 1.165) is 12.8 Å². The van der Waals surface area contributed by atoms with Crippen molar-refractivity contribution in [2.45, 2.75) is 33.6 Å². The highest BCUT2D eigenvalue weighted by atomic mass is 13.9. The van der Waals surface area contributed by atoms with Gasteiger partial charge in [-0.1, -0.05) is 32.9 Å². The fourth-order valence-electron chi connectivity index (χ4n) is 0.486. The second kappa shape index (κ2) is 4.89. The number of hydrogen-bond acceptors (Lipinski definition) is 0. The van der Waals surface area contributed by atoms with Crippen molar-refractivity contribution in [2.24, 2.45) is 0 Å². The van der Waals surface area contributed by atoms with Gasteiger partial charge in [-0.15, -0.1) is 0 Å². The summed E-state index contributed by atoms with van der Waals surface area (Å²) in [6.07, 6.45) is 6.73. The molecule has 0 aliphatic carbocycles. The normalized spacial score (nSPS) is 11.5. The zero-order valence-electron chi connectivity index (χ0n) is 6.07. The highest BCUT2D eigenvalue weighted by Gasteiger charge is 1.85. The van der Waals surface area contributed by atoms with Crippen molar-refractivity contribution in [3.05, 3.63) is 18.1 Å². The van der Waals surface area contributed by atoms with Crippen LogP contribution < -0.4 is 0 Å². The van der Waals surface area contributed by atoms with Crippen molar-refractivity contribution in [2.75, 3.05) is 0 Å². The van der Waals surface area contributed by atoms with Crippen LogP contribution in [0.25, 0.3) is 0 Å². The first-order valence-electron chi connectivity index (χ1n) is 3.21. The summed E-state index contributed by atoms with van der Waals surface area (Å²) < 4.78 is 0. The monoisotopic (exact) mass is 111 g/mol. The molecule has 47 valence electrons. The maximum absolute atomic E-state index is 2.22. The fraction of sp³-hybridized carbons (Fsp3) is 0.625. The van der Waals surface area contributed by atoms with Crippen LogP contribution in [-0.4, -0.2) is 0 Å². The van der Waals surface area contributed by atoms with Gasteiger partial charge in [-0.25, -0.2) is 0 Å². The minimum Gasteiger partial charge on any atom is -0.0888 e. The quantitative estimate of drug-likeness (QED) is 0.491. The van der Waals surface area contributed by atoms with Crippen LogP contribution in [0.15, 0.2) is 12.2 Å². The van der Waals surface area contributed by atoms with Gasteiger partial charge in [0, 0.05) is 0 Å². The second-order valence-electron chi connectivity index (χ2n) is 2.29. The van der Waals surface area contributed by atoms with Gasteiger partial charge in [-0.05, 0) is 18.8 Å². The van der Waals surface area contributed by atoms with E-state index in [1.165, 1.54) is 5.92 Å². The Morgan fingerprint density at radius 1 is 1.25 bits per heavy atom. The van der Waals surface area contributed by atoms with Crippen LogP contribution in [0, 0.1) is 5.92 Å². The summed E-state index contributed by atoms with van der Waals surface area (Å²) in [5, 5.41) is 0. The molecule has 0 fully saturated rings. The molecule has 0 saturated heterocycles. The molecule has 0 aliphatic rings. The van der Waals surface area contributed by atoms with Crippen LogP contribution in [0.3, 0.4) is 0 Å². The van der Waals surface area contributed by atoms with E-state index in [2.05, 4.69) is 32.9 Å². The summed E-state index contributed by atoms with van der Waals surface area (Å²) >= 11 is 0. The molecule has 0 aromatic rings. The predicted molar refractivity (Wildman–Crippen MR) is 38.6 cm³/mol. The Hall–Kier alpha value is -0.260. The summed E-state index contributed by atoms with van der Waals surface area (Å²) in [7, 11) is 0. The lowest BCUT2D eigenvalue weighted by Crippen LogP contribution is -1.77. The third kappa shape index (κ3) is 5.74. The van der Waals surface area contributed by atoms with Gasteiger partial charge in [0.25, 0.3) is 0 Å². The van der Waals surface area contributed by atoms with E-state index in [0.29, 0.717) is 0 Å². The first-order valence-corrected chi connectivity index (χ1v) is 3.21. The summed E-state index contributed by atoms with van der Waals surface area (Å²) in [5.74, 6) is 1.48. The van der Waals surface area contributed by atoms with Crippen molar-refractivity contribution in [1.29, 1.82) is 0 Å². The standard InChI is InChI=1S/C8H15/c1-4-5-6-7-8(2)3/h5-6H,4,7H2,1-3H3. The third-order valence-electron chi connectivity index (χ3n) is 0.928. The van der Waals surface area contributed by atoms with Gasteiger partial charge in [0.1, 0.15) is 0 Å². The SMILES string of the molecule is CCC=CC[C](C)C. The Balaban J connectivity index is 3.03. The predicted octanol–water partition coefficient (Wildman–Crippen LogP) is 2.96. The Morgan fingerprint density at radius 2 is 1.88 bits per heavy atom. The van der Waals surface area contributed by atoms with E-state index in [-0.39, 0.29) is 0 Å². The van der Waals surface area contributed by atoms with Gasteiger partial charge in [0.2, 0.25) is 0 Å². The minimum atomic E-state index is 1.15. The van der Waals surface area contributed by atoms with E-state index in [1.807, 2.05) is 0 Å². The van der Waals surface area contributed by atoms with Crippen molar-refractivity contribution < 1.29 is 0 Å². The van der Waals surface area contributed by atoms with Gasteiger partial charge in [-0.3, -0.25) is 0 Å². The first-order chi connectivity index (χ1) is 3.77. The van der Waals surface area contributed by atoms with Crippen LogP contribution in [-0.2, 0) is 0 Å². The molecule has 0 heterocycles. The summed E-state index contributed by atoms with van der Waals surface area (Å²) in [6, 6.07) is 0. The van der Waals surface area contributed by atoms with Gasteiger partial charge in [0.15, 0.2) is 0 Å². The molecular weight excluding hydrogens is 96.1 g/mol. The maximum Gasteiger partial charge on any atom is -0.0265 e. The molecule has 0 aromatic carbocycles. The molecule has 0 spiro atoms. The van der Waals surface area contributed by atoms with E-state index in [9.17, 15) is 0 Å². The molecule has 0 N–H and O–H groups in total. The van der Waals surface area contributed by atoms with Crippen molar-refractivity contribution in [3.63, 3.8) is 0 Å². The third-order valence-corrected chi connectivity index (χ3v) is 0.928. The van der Waals surface area contributed by atoms with Crippen LogP contribution in [0.4, 0.5) is 0 Å². The van der Waals surface area contributed by atoms with Crippen molar-refractivity contribution in [1.82, 2.24) is 0 Å². The van der Waals surface area contributed by atoms with Crippen LogP contribution in [0.2, 0.25) is 0 Å². The van der Waals surface area contributed by atoms with E-state index in [4.69, 9.17) is 0 Å². The lowest BCUT2D eigenvalue weighted by molar-refractivity contribution is 0.984. The lowest BCUT2D eigenvalue weighted by Gasteiger charge is -1.93. The lowest BCUT2D eigenvalue weighted by atomic mass is 10.1. The molecule has 0 aromatic heterocycles. The largest absolute Gasteiger partial charge is 0.0888 e. The topological polar surface area (TPSA) is 0 Å². The van der Waals surface area contributed by atoms with Crippen molar-refractivity contribution >= 4 is 0 Å². The average Bonchev–Trinajstić information content (AvgIpc) is 1.66. The maximum atomic E-state index is 2.22. The Morgan fingerprint density at radius 3 is 2.25 bits per heavy atom. The fourth-order valence-corrected chi connectivity index (χ4v) is 0.486. The zero-order valence-corrected chi connectivity index (χ0v) is 6.07. The first kappa shape index (κ1) is 7.74. The summed E-state index contributed by atoms with van der Waals surface area (Å²) in [6.45, 7) is 6.46. The molecule has 8 heavy (non-hydrogen) atoms. The minimum absolute atomic E-state index is 1.15. The van der Waals surface area contributed by atoms with Crippen LogP contribution in [0.1, 0.15) is 33.6 Å². The molecule has 0 amide bonds. The Bertz CT molecular complexity index is 60.4. The van der Waals surface area contributed by atoms with E-state index >= 15 is 0 Å². The Kier molecular flexibility index (Phi) is 4.73. The molecule has 0 heteroatoms. The summed E-state index contributed by atoms with van der Waals surface area (Å²) in [4.78, 5) is 0. The number of rotatable bonds is 3. The van der Waals surface area contributed by atoms with Gasteiger partial charge < -0.3 is 0 Å². The van der Waals surface area contributed by atoms with Gasteiger partial charge in [0.05, 0.1) is 0 Å². The van der Waals surface area contributed by atoms with E-state index < -0.39 is 0 Å². The Labute approximate surface area is 52.6 Å². The van der Waals surface area contributed by atoms with E-state index in [1.54, 1.807) is 0 Å². The molecule has 0 aliphatic heterocycles. The molecule has 0 saturated carbocycles. The zero-order chi connectivity index (χ0) is 6.41. The molecule has 0 rings (SSSR count). The highest BCUT2D eigenvalue weighted by Crippen LogP contribution is 2.02. The molecule has 0 nitrogen and oxygen atoms in total. The van der Waals surface area contributed by atoms with Gasteiger partial charge >= 0.3 is 0 Å². The second-order valence-corrected chi connectivity index (χ2v) is 2.29. The number of hydrogen-bond donors (Lipinski definition) is 0. The molecule has 0 bridgehead atoms. The summed E-state index contributed by atoms with van der Waals surface area (Å²) in [5.41, 5.74) is 0. The molecular formula is C8H15. The molecule has 0 atom stereocenters.